The third kappa shape index (κ3) is 8.71. The molecule has 0 aromatic heterocycles. The number of nitrogens with zero attached hydrogens (tertiary/aromatic N) is 2. The molecule has 320 valence electrons. The van der Waals surface area contributed by atoms with Crippen LogP contribution in [0.1, 0.15) is 61.5 Å². The molecule has 11 nitrogen and oxygen atoms in total. The van der Waals surface area contributed by atoms with Crippen LogP contribution in [0.15, 0.2) is 84.9 Å². The van der Waals surface area contributed by atoms with Gasteiger partial charge >= 0.3 is 0 Å². The lowest BCUT2D eigenvalue weighted by atomic mass is 9.85. The number of benzene rings is 4. The fourth-order valence-corrected chi connectivity index (χ4v) is 12.9. The Bertz CT molecular complexity index is 2130. The summed E-state index contributed by atoms with van der Waals surface area (Å²) in [5, 5.41) is 24.5. The molecular formula is C48H61N3O8Si. The maximum atomic E-state index is 14.7. The second-order valence-electron chi connectivity index (χ2n) is 17.0. The lowest BCUT2D eigenvalue weighted by molar-refractivity contribution is -0.136. The Morgan fingerprint density at radius 2 is 1.68 bits per heavy atom. The molecule has 4 aromatic carbocycles. The summed E-state index contributed by atoms with van der Waals surface area (Å²) >= 11 is 0. The van der Waals surface area contributed by atoms with Gasteiger partial charge in [-0.15, -0.1) is 0 Å². The van der Waals surface area contributed by atoms with Gasteiger partial charge in [0.2, 0.25) is 11.8 Å². The van der Waals surface area contributed by atoms with Crippen molar-refractivity contribution in [3.8, 4) is 17.2 Å². The molecule has 0 radical (unpaired) electrons. The van der Waals surface area contributed by atoms with E-state index in [0.717, 1.165) is 40.3 Å². The fourth-order valence-electron chi connectivity index (χ4n) is 9.59. The molecule has 0 aliphatic carbocycles. The summed E-state index contributed by atoms with van der Waals surface area (Å²) < 4.78 is 24.9. The molecule has 6 atom stereocenters. The van der Waals surface area contributed by atoms with Gasteiger partial charge in [-0.2, -0.15) is 0 Å². The van der Waals surface area contributed by atoms with E-state index in [4.69, 9.17) is 18.9 Å². The first kappa shape index (κ1) is 43.4. The lowest BCUT2D eigenvalue weighted by Crippen LogP contribution is -2.56. The highest BCUT2D eigenvalue weighted by molar-refractivity contribution is 6.91. The van der Waals surface area contributed by atoms with Crippen LogP contribution >= 0.6 is 0 Å². The Labute approximate surface area is 355 Å². The van der Waals surface area contributed by atoms with Crippen LogP contribution in [0.4, 0.5) is 11.4 Å². The van der Waals surface area contributed by atoms with Gasteiger partial charge in [0.15, 0.2) is 0 Å². The number of ether oxygens (including phenoxy) is 4. The molecule has 12 heteroatoms. The summed E-state index contributed by atoms with van der Waals surface area (Å²) in [5.74, 6) is 1.97. The van der Waals surface area contributed by atoms with Crippen molar-refractivity contribution in [2.45, 2.75) is 95.4 Å². The van der Waals surface area contributed by atoms with Gasteiger partial charge in [0.25, 0.3) is 0 Å². The number of fused-ring (bicyclic) bond motifs is 3. The second-order valence-corrected chi connectivity index (χ2v) is 21.7. The number of hydrogen-bond acceptors (Lipinski definition) is 9. The highest BCUT2D eigenvalue weighted by Gasteiger charge is 2.49. The molecule has 3 N–H and O–H groups in total. The standard InChI is InChI=1S/C48H61N3O8Si/c1-7-58-38-17-20-42-34(25-38)26-41(49-22-10-11-23-52)48(55)51(42)35-14-21-43-40(27-35)46(57-4)31(2)47(59-43)44(60(5,6)39-18-15-37(56-3)16-19-39)28-45(54)50-29-33-13-9-8-12-32(33)24-36(50)30-53/h8-9,12-21,25,27,31,36,41,44,46-47,49,52-53H,7,10-11,22-24,26,28-30H2,1-6H3/t31-,36-,41?,44?,46-,47-/m0/s1. The van der Waals surface area contributed by atoms with Crippen LogP contribution < -0.4 is 29.6 Å². The first-order chi connectivity index (χ1) is 29.0. The van der Waals surface area contributed by atoms with Gasteiger partial charge in [0, 0.05) is 49.4 Å². The molecule has 0 bridgehead atoms. The van der Waals surface area contributed by atoms with Crippen molar-refractivity contribution in [3.05, 3.63) is 107 Å². The molecule has 0 saturated heterocycles. The second kappa shape index (κ2) is 18.9. The van der Waals surface area contributed by atoms with Crippen molar-refractivity contribution >= 4 is 36.4 Å². The number of aliphatic hydroxyl groups is 2. The number of aliphatic hydroxyl groups excluding tert-OH is 2. The number of amides is 2. The summed E-state index contributed by atoms with van der Waals surface area (Å²) in [6, 6.07) is 27.4. The van der Waals surface area contributed by atoms with E-state index in [1.807, 2.05) is 72.5 Å². The van der Waals surface area contributed by atoms with E-state index in [9.17, 15) is 19.8 Å². The van der Waals surface area contributed by atoms with E-state index in [1.54, 1.807) is 19.1 Å². The lowest BCUT2D eigenvalue weighted by Gasteiger charge is -2.46. The molecule has 2 amide bonds. The molecule has 3 aliphatic heterocycles. The Kier molecular flexibility index (Phi) is 13.7. The largest absolute Gasteiger partial charge is 0.497 e. The van der Waals surface area contributed by atoms with E-state index in [1.165, 1.54) is 10.8 Å². The minimum atomic E-state index is -2.52. The van der Waals surface area contributed by atoms with Crippen molar-refractivity contribution < 1.29 is 38.7 Å². The zero-order valence-electron chi connectivity index (χ0n) is 35.9. The van der Waals surface area contributed by atoms with Crippen molar-refractivity contribution in [1.82, 2.24) is 10.2 Å². The van der Waals surface area contributed by atoms with E-state index in [-0.39, 0.29) is 55.1 Å². The van der Waals surface area contributed by atoms with Crippen LogP contribution in [0.3, 0.4) is 0 Å². The predicted octanol–water partition coefficient (Wildman–Crippen LogP) is 6.45. The van der Waals surface area contributed by atoms with Crippen LogP contribution in [-0.2, 0) is 33.7 Å². The van der Waals surface area contributed by atoms with Crippen LogP contribution in [-0.4, -0.2) is 93.8 Å². The molecule has 60 heavy (non-hydrogen) atoms. The van der Waals surface area contributed by atoms with E-state index in [2.05, 4.69) is 49.6 Å². The molecule has 4 aromatic rings. The van der Waals surface area contributed by atoms with Gasteiger partial charge in [-0.1, -0.05) is 61.6 Å². The highest BCUT2D eigenvalue weighted by Crippen LogP contribution is 2.49. The first-order valence-corrected chi connectivity index (χ1v) is 24.5. The Hall–Kier alpha value is -4.72. The van der Waals surface area contributed by atoms with Gasteiger partial charge in [-0.05, 0) is 104 Å². The number of unbranched alkanes of at least 4 members (excludes halogenated alkanes) is 1. The molecular weight excluding hydrogens is 775 g/mol. The smallest absolute Gasteiger partial charge is 0.249 e. The number of nitrogens with one attached hydrogen (secondary N) is 1. The average Bonchev–Trinajstić information content (AvgIpc) is 3.26. The van der Waals surface area contributed by atoms with Crippen molar-refractivity contribution in [2.75, 3.05) is 45.5 Å². The Balaban J connectivity index is 1.24. The van der Waals surface area contributed by atoms with Crippen LogP contribution in [0, 0.1) is 5.92 Å². The summed E-state index contributed by atoms with van der Waals surface area (Å²) in [4.78, 5) is 32.8. The summed E-state index contributed by atoms with van der Waals surface area (Å²) in [6.07, 6.45) is 2.03. The molecule has 7 rings (SSSR count). The first-order valence-electron chi connectivity index (χ1n) is 21.4. The molecule has 3 heterocycles. The van der Waals surface area contributed by atoms with Gasteiger partial charge < -0.3 is 39.4 Å². The maximum absolute atomic E-state index is 14.7. The molecule has 0 fully saturated rings. The van der Waals surface area contributed by atoms with E-state index >= 15 is 0 Å². The Morgan fingerprint density at radius 3 is 2.38 bits per heavy atom. The van der Waals surface area contributed by atoms with Crippen molar-refractivity contribution in [1.29, 1.82) is 0 Å². The van der Waals surface area contributed by atoms with Crippen molar-refractivity contribution in [2.24, 2.45) is 5.92 Å². The molecule has 3 aliphatic rings. The van der Waals surface area contributed by atoms with Crippen molar-refractivity contribution in [3.63, 3.8) is 0 Å². The third-order valence-corrected chi connectivity index (χ3v) is 17.2. The maximum Gasteiger partial charge on any atom is 0.249 e. The monoisotopic (exact) mass is 835 g/mol. The average molecular weight is 836 g/mol. The quantitative estimate of drug-likeness (QED) is 0.0862. The fraction of sp³-hybridized carbons (Fsp3) is 0.458. The normalized spacial score (nSPS) is 21.7. The van der Waals surface area contributed by atoms with Crippen LogP contribution in [0.5, 0.6) is 17.2 Å². The third-order valence-electron chi connectivity index (χ3n) is 13.0. The number of anilines is 2. The number of methoxy groups -OCH3 is 2. The van der Waals surface area contributed by atoms with Gasteiger partial charge in [0.05, 0.1) is 52.3 Å². The molecule has 0 saturated carbocycles. The SMILES string of the molecule is CCOc1ccc2c(c1)CC(NCCCCO)C(=O)N2c1ccc2c(c1)[C@@H](OC)[C@H](C)[C@@H](C(CC(=O)N1Cc3ccccc3C[C@H]1CO)[Si](C)(C)c1ccc(OC)cc1)O2. The van der Waals surface area contributed by atoms with Crippen LogP contribution in [0.2, 0.25) is 18.6 Å². The van der Waals surface area contributed by atoms with Gasteiger partial charge in [-0.25, -0.2) is 0 Å². The van der Waals surface area contributed by atoms with Gasteiger partial charge in [0.1, 0.15) is 23.4 Å². The zero-order valence-corrected chi connectivity index (χ0v) is 36.9. The molecule has 0 spiro atoms. The minimum Gasteiger partial charge on any atom is -0.497 e. The summed E-state index contributed by atoms with van der Waals surface area (Å²) in [6.45, 7) is 10.3. The summed E-state index contributed by atoms with van der Waals surface area (Å²) in [7, 11) is 0.855. The number of rotatable bonds is 16. The number of carbonyl (C=O) groups is 2. The zero-order chi connectivity index (χ0) is 42.6. The highest BCUT2D eigenvalue weighted by atomic mass is 28.3. The van der Waals surface area contributed by atoms with E-state index < -0.39 is 20.2 Å². The number of hydrogen-bond donors (Lipinski definition) is 3. The molecule has 2 unspecified atom stereocenters. The van der Waals surface area contributed by atoms with E-state index in [0.29, 0.717) is 50.4 Å². The minimum absolute atomic E-state index is 0.00264. The Morgan fingerprint density at radius 1 is 0.933 bits per heavy atom. The predicted molar refractivity (Wildman–Crippen MR) is 236 cm³/mol. The summed E-state index contributed by atoms with van der Waals surface area (Å²) in [5.41, 5.74) is 5.47. The van der Waals surface area contributed by atoms with Gasteiger partial charge in [-0.3, -0.25) is 14.5 Å². The van der Waals surface area contributed by atoms with Crippen LogP contribution in [0.25, 0.3) is 0 Å². The number of carbonyl (C=O) groups excluding carboxylic acids is 2. The topological polar surface area (TPSA) is 130 Å².